The van der Waals surface area contributed by atoms with E-state index in [0.717, 1.165) is 5.69 Å². The van der Waals surface area contributed by atoms with Crippen LogP contribution in [0.15, 0.2) is 36.3 Å². The van der Waals surface area contributed by atoms with Gasteiger partial charge in [0.2, 0.25) is 0 Å². The summed E-state index contributed by atoms with van der Waals surface area (Å²) in [5, 5.41) is 1.99. The summed E-state index contributed by atoms with van der Waals surface area (Å²) < 4.78 is 13.6. The van der Waals surface area contributed by atoms with Crippen molar-refractivity contribution in [3.8, 4) is 0 Å². The molecule has 0 radical (unpaired) electrons. The van der Waals surface area contributed by atoms with Crippen LogP contribution in [-0.4, -0.2) is 4.21 Å². The predicted molar refractivity (Wildman–Crippen MR) is 53.4 cm³/mol. The Morgan fingerprint density at radius 2 is 2.00 bits per heavy atom. The Hall–Kier alpha value is -0.800. The summed E-state index contributed by atoms with van der Waals surface area (Å²) in [7, 11) is -1.21. The van der Waals surface area contributed by atoms with Crippen molar-refractivity contribution >= 4 is 28.3 Å². The molecule has 2 nitrogen and oxygen atoms in total. The zero-order valence-corrected chi connectivity index (χ0v) is 7.86. The number of hydrogen-bond acceptors (Lipinski definition) is 1. The third-order valence-electron chi connectivity index (χ3n) is 1.21. The summed E-state index contributed by atoms with van der Waals surface area (Å²) in [5.74, 6) is 0. The third kappa shape index (κ3) is 2.68. The maximum absolute atomic E-state index is 10.9. The van der Waals surface area contributed by atoms with E-state index in [-0.39, 0.29) is 0 Å². The normalized spacial score (nSPS) is 12.1. The Bertz CT molecular complexity index is 296. The smallest absolute Gasteiger partial charge is 0.142 e. The molecule has 0 aliphatic heterocycles. The molecule has 1 unspecified atom stereocenters. The lowest BCUT2D eigenvalue weighted by Crippen LogP contribution is -1.99. The molecule has 1 aromatic rings. The molecule has 1 rings (SSSR count). The van der Waals surface area contributed by atoms with E-state index in [0.29, 0.717) is 5.02 Å². The van der Waals surface area contributed by atoms with Crippen molar-refractivity contribution in [1.82, 2.24) is 0 Å². The number of rotatable bonds is 3. The van der Waals surface area contributed by atoms with Crippen molar-refractivity contribution in [1.29, 1.82) is 0 Å². The van der Waals surface area contributed by atoms with Crippen molar-refractivity contribution in [3.63, 3.8) is 0 Å². The Morgan fingerprint density at radius 1 is 1.42 bits per heavy atom. The van der Waals surface area contributed by atoms with Gasteiger partial charge in [-0.2, -0.15) is 0 Å². The molecule has 0 aromatic heterocycles. The molecule has 0 aliphatic rings. The quantitative estimate of drug-likeness (QED) is 0.800. The van der Waals surface area contributed by atoms with Crippen molar-refractivity contribution in [3.05, 3.63) is 41.3 Å². The number of benzene rings is 1. The third-order valence-corrected chi connectivity index (χ3v) is 2.21. The first kappa shape index (κ1) is 9.29. The van der Waals surface area contributed by atoms with E-state index in [4.69, 9.17) is 11.6 Å². The van der Waals surface area contributed by atoms with Gasteiger partial charge in [-0.25, -0.2) is 4.21 Å². The minimum absolute atomic E-state index is 0.657. The van der Waals surface area contributed by atoms with Crippen LogP contribution < -0.4 is 4.72 Å². The highest BCUT2D eigenvalue weighted by Gasteiger charge is 1.93. The number of hydrogen-bond donors (Lipinski definition) is 1. The van der Waals surface area contributed by atoms with Gasteiger partial charge in [-0.15, -0.1) is 0 Å². The second-order valence-corrected chi connectivity index (χ2v) is 3.64. The molecule has 1 N–H and O–H groups in total. The average molecular weight is 202 g/mol. The van der Waals surface area contributed by atoms with Crippen LogP contribution in [0.5, 0.6) is 0 Å². The maximum Gasteiger partial charge on any atom is 0.142 e. The lowest BCUT2D eigenvalue weighted by molar-refractivity contribution is 0.691. The first-order valence-corrected chi connectivity index (χ1v) is 4.87. The first-order chi connectivity index (χ1) is 5.72. The van der Waals surface area contributed by atoms with Gasteiger partial charge in [0.1, 0.15) is 11.0 Å². The molecule has 64 valence electrons. The molecule has 1 aromatic carbocycles. The zero-order chi connectivity index (χ0) is 8.97. The Morgan fingerprint density at radius 3 is 2.50 bits per heavy atom. The monoisotopic (exact) mass is 201 g/mol. The second-order valence-electron chi connectivity index (χ2n) is 2.07. The largest absolute Gasteiger partial charge is 0.302 e. The van der Waals surface area contributed by atoms with Crippen LogP contribution >= 0.6 is 11.6 Å². The van der Waals surface area contributed by atoms with Crippen LogP contribution in [0, 0.1) is 0 Å². The van der Waals surface area contributed by atoms with Crippen LogP contribution in [0.1, 0.15) is 0 Å². The Kier molecular flexibility index (Phi) is 3.31. The van der Waals surface area contributed by atoms with E-state index in [9.17, 15) is 4.21 Å². The van der Waals surface area contributed by atoms with Crippen LogP contribution in [0.3, 0.4) is 0 Å². The molecule has 0 heterocycles. The van der Waals surface area contributed by atoms with E-state index >= 15 is 0 Å². The van der Waals surface area contributed by atoms with Crippen LogP contribution in [-0.2, 0) is 11.0 Å². The molecule has 0 aliphatic carbocycles. The van der Waals surface area contributed by atoms with Crippen molar-refractivity contribution in [2.45, 2.75) is 0 Å². The van der Waals surface area contributed by atoms with Gasteiger partial charge in [0.15, 0.2) is 0 Å². The van der Waals surface area contributed by atoms with Crippen LogP contribution in [0.2, 0.25) is 5.02 Å². The molecule has 0 saturated carbocycles. The summed E-state index contributed by atoms with van der Waals surface area (Å²) >= 11 is 5.66. The fraction of sp³-hybridized carbons (Fsp3) is 0. The summed E-state index contributed by atoms with van der Waals surface area (Å²) in [6.07, 6.45) is 0. The van der Waals surface area contributed by atoms with Gasteiger partial charge in [0, 0.05) is 16.1 Å². The van der Waals surface area contributed by atoms with Gasteiger partial charge in [-0.3, -0.25) is 0 Å². The van der Waals surface area contributed by atoms with Crippen molar-refractivity contribution in [2.75, 3.05) is 4.72 Å². The van der Waals surface area contributed by atoms with E-state index in [1.54, 1.807) is 24.3 Å². The van der Waals surface area contributed by atoms with Crippen LogP contribution in [0.25, 0.3) is 0 Å². The lowest BCUT2D eigenvalue weighted by atomic mass is 10.3. The van der Waals surface area contributed by atoms with Crippen molar-refractivity contribution < 1.29 is 4.21 Å². The molecule has 12 heavy (non-hydrogen) atoms. The number of halogens is 1. The van der Waals surface area contributed by atoms with E-state index in [1.165, 1.54) is 5.41 Å². The Balaban J connectivity index is 2.71. The highest BCUT2D eigenvalue weighted by molar-refractivity contribution is 7.89. The van der Waals surface area contributed by atoms with Crippen LogP contribution in [0.4, 0.5) is 5.69 Å². The molecule has 0 spiro atoms. The van der Waals surface area contributed by atoms with E-state index in [2.05, 4.69) is 11.3 Å². The highest BCUT2D eigenvalue weighted by atomic mass is 35.5. The Labute approximate surface area is 78.8 Å². The van der Waals surface area contributed by atoms with Gasteiger partial charge in [-0.05, 0) is 24.3 Å². The van der Waals surface area contributed by atoms with Gasteiger partial charge in [0.05, 0.1) is 0 Å². The molecule has 0 bridgehead atoms. The number of anilines is 1. The summed E-state index contributed by atoms with van der Waals surface area (Å²) in [6.45, 7) is 3.39. The minimum Gasteiger partial charge on any atom is -0.302 e. The topological polar surface area (TPSA) is 29.1 Å². The maximum atomic E-state index is 10.9. The van der Waals surface area contributed by atoms with Gasteiger partial charge >= 0.3 is 0 Å². The summed E-state index contributed by atoms with van der Waals surface area (Å²) in [4.78, 5) is 0. The number of nitrogens with one attached hydrogen (secondary N) is 1. The molecule has 0 saturated heterocycles. The van der Waals surface area contributed by atoms with E-state index < -0.39 is 11.0 Å². The molecule has 4 heteroatoms. The molecular weight excluding hydrogens is 194 g/mol. The van der Waals surface area contributed by atoms with E-state index in [1.807, 2.05) is 0 Å². The standard InChI is InChI=1S/C8H8ClNOS/c1-2-12(11)10-8-5-3-7(9)4-6-8/h2-6,10H,1H2. The first-order valence-electron chi connectivity index (χ1n) is 3.28. The lowest BCUT2D eigenvalue weighted by Gasteiger charge is -2.00. The molecule has 1 atom stereocenters. The van der Waals surface area contributed by atoms with Gasteiger partial charge in [-0.1, -0.05) is 18.2 Å². The molecule has 0 fully saturated rings. The zero-order valence-electron chi connectivity index (χ0n) is 6.29. The fourth-order valence-electron chi connectivity index (χ4n) is 0.676. The minimum atomic E-state index is -1.21. The predicted octanol–water partition coefficient (Wildman–Crippen LogP) is 2.56. The average Bonchev–Trinajstić information content (AvgIpc) is 2.09. The molecule has 0 amide bonds. The second kappa shape index (κ2) is 4.28. The summed E-state index contributed by atoms with van der Waals surface area (Å²) in [5.41, 5.74) is 0.762. The SMILES string of the molecule is C=CS(=O)Nc1ccc(Cl)cc1. The summed E-state index contributed by atoms with van der Waals surface area (Å²) in [6, 6.07) is 6.96. The molecular formula is C8H8ClNOS. The fourth-order valence-corrected chi connectivity index (χ4v) is 1.25. The van der Waals surface area contributed by atoms with Crippen molar-refractivity contribution in [2.24, 2.45) is 0 Å². The highest BCUT2D eigenvalue weighted by Crippen LogP contribution is 2.13. The van der Waals surface area contributed by atoms with Gasteiger partial charge < -0.3 is 4.72 Å². The van der Waals surface area contributed by atoms with Gasteiger partial charge in [0.25, 0.3) is 0 Å².